The number of thioether (sulfide) groups is 1. The molecule has 0 aliphatic heterocycles. The number of halogens is 1. The van der Waals surface area contributed by atoms with Crippen LogP contribution in [0.1, 0.15) is 18.3 Å². The Morgan fingerprint density at radius 2 is 2.12 bits per heavy atom. The number of aryl methyl sites for hydroxylation is 1. The third-order valence-corrected chi connectivity index (χ3v) is 4.50. The molecule has 0 bridgehead atoms. The number of aromatic nitrogens is 3. The average Bonchev–Trinajstić information content (AvgIpc) is 3.15. The van der Waals surface area contributed by atoms with E-state index in [-0.39, 0.29) is 24.0 Å². The van der Waals surface area contributed by atoms with Gasteiger partial charge in [0.05, 0.1) is 16.3 Å². The van der Waals surface area contributed by atoms with Crippen molar-refractivity contribution in [1.29, 1.82) is 0 Å². The number of pyridine rings is 1. The van der Waals surface area contributed by atoms with Crippen LogP contribution in [0, 0.1) is 5.82 Å². The van der Waals surface area contributed by atoms with Crippen molar-refractivity contribution in [2.24, 2.45) is 0 Å². The highest BCUT2D eigenvalue weighted by atomic mass is 32.2. The minimum atomic E-state index is -0.329. The highest BCUT2D eigenvalue weighted by Crippen LogP contribution is 2.20. The molecule has 0 saturated heterocycles. The van der Waals surface area contributed by atoms with Gasteiger partial charge in [0.2, 0.25) is 5.91 Å². The van der Waals surface area contributed by atoms with Gasteiger partial charge < -0.3 is 9.84 Å². The van der Waals surface area contributed by atoms with Gasteiger partial charge >= 0.3 is 0 Å². The second-order valence-corrected chi connectivity index (χ2v) is 6.41. The molecule has 1 amide bonds. The number of hydrogen-bond acceptors (Lipinski definition) is 6. The second-order valence-electron chi connectivity index (χ2n) is 5.41. The molecule has 3 aromatic rings. The highest BCUT2D eigenvalue weighted by Gasteiger charge is 2.09. The van der Waals surface area contributed by atoms with E-state index in [4.69, 9.17) is 4.52 Å². The van der Waals surface area contributed by atoms with Crippen molar-refractivity contribution in [2.75, 3.05) is 5.75 Å². The molecule has 0 spiro atoms. The van der Waals surface area contributed by atoms with Crippen LogP contribution in [0.5, 0.6) is 0 Å². The van der Waals surface area contributed by atoms with Crippen LogP contribution in [0.4, 0.5) is 4.39 Å². The number of carbonyl (C=O) groups excluding carboxylic acids is 1. The first-order chi connectivity index (χ1) is 12.7. The highest BCUT2D eigenvalue weighted by molar-refractivity contribution is 7.99. The molecule has 8 heteroatoms. The molecular weight excluding hydrogens is 355 g/mol. The summed E-state index contributed by atoms with van der Waals surface area (Å²) >= 11 is 1.30. The van der Waals surface area contributed by atoms with Gasteiger partial charge in [-0.05, 0) is 18.2 Å². The summed E-state index contributed by atoms with van der Waals surface area (Å²) in [5.74, 6) is 0.749. The Balaban J connectivity index is 1.50. The van der Waals surface area contributed by atoms with Gasteiger partial charge in [0.1, 0.15) is 5.82 Å². The van der Waals surface area contributed by atoms with Crippen LogP contribution < -0.4 is 5.32 Å². The Morgan fingerprint density at radius 3 is 2.81 bits per heavy atom. The zero-order valence-electron chi connectivity index (χ0n) is 14.1. The Morgan fingerprint density at radius 1 is 1.27 bits per heavy atom. The topological polar surface area (TPSA) is 80.9 Å². The van der Waals surface area contributed by atoms with Gasteiger partial charge in [-0.25, -0.2) is 9.37 Å². The maximum absolute atomic E-state index is 13.5. The van der Waals surface area contributed by atoms with Gasteiger partial charge in [-0.15, -0.1) is 0 Å². The molecule has 0 saturated carbocycles. The lowest BCUT2D eigenvalue weighted by molar-refractivity contribution is -0.118. The van der Waals surface area contributed by atoms with E-state index in [1.165, 1.54) is 17.8 Å². The van der Waals surface area contributed by atoms with Crippen molar-refractivity contribution in [2.45, 2.75) is 24.9 Å². The lowest BCUT2D eigenvalue weighted by atomic mass is 10.2. The lowest BCUT2D eigenvalue weighted by Crippen LogP contribution is -2.25. The van der Waals surface area contributed by atoms with Crippen molar-refractivity contribution in [3.63, 3.8) is 0 Å². The normalized spacial score (nSPS) is 10.7. The summed E-state index contributed by atoms with van der Waals surface area (Å²) in [4.78, 5) is 20.4. The zero-order chi connectivity index (χ0) is 18.4. The van der Waals surface area contributed by atoms with Crippen LogP contribution in [-0.4, -0.2) is 26.8 Å². The fourth-order valence-corrected chi connectivity index (χ4v) is 2.81. The van der Waals surface area contributed by atoms with Gasteiger partial charge in [0.15, 0.2) is 5.82 Å². The first-order valence-electron chi connectivity index (χ1n) is 8.07. The summed E-state index contributed by atoms with van der Waals surface area (Å²) in [6.45, 7) is 2.11. The number of hydrogen-bond donors (Lipinski definition) is 1. The van der Waals surface area contributed by atoms with E-state index in [2.05, 4.69) is 20.4 Å². The van der Waals surface area contributed by atoms with Crippen molar-refractivity contribution < 1.29 is 13.7 Å². The molecule has 0 unspecified atom stereocenters. The minimum absolute atomic E-state index is 0.162. The molecule has 1 aromatic carbocycles. The zero-order valence-corrected chi connectivity index (χ0v) is 14.9. The molecular formula is C18H17FN4O2S. The third kappa shape index (κ3) is 4.66. The average molecular weight is 372 g/mol. The van der Waals surface area contributed by atoms with Gasteiger partial charge in [-0.3, -0.25) is 4.79 Å². The largest absolute Gasteiger partial charge is 0.351 e. The van der Waals surface area contributed by atoms with E-state index < -0.39 is 0 Å². The molecule has 2 aromatic heterocycles. The second kappa shape index (κ2) is 8.57. The minimum Gasteiger partial charge on any atom is -0.351 e. The molecule has 134 valence electrons. The molecule has 0 aliphatic rings. The monoisotopic (exact) mass is 372 g/mol. The van der Waals surface area contributed by atoms with Crippen LogP contribution in [0.2, 0.25) is 0 Å². The van der Waals surface area contributed by atoms with E-state index in [1.54, 1.807) is 30.5 Å². The summed E-state index contributed by atoms with van der Waals surface area (Å²) < 4.78 is 18.7. The fraction of sp³-hybridized carbons (Fsp3) is 0.222. The Kier molecular flexibility index (Phi) is 5.96. The van der Waals surface area contributed by atoms with E-state index in [9.17, 15) is 9.18 Å². The summed E-state index contributed by atoms with van der Waals surface area (Å²) in [6, 6.07) is 9.97. The van der Waals surface area contributed by atoms with Crippen LogP contribution >= 0.6 is 11.8 Å². The van der Waals surface area contributed by atoms with Crippen LogP contribution in [0.25, 0.3) is 11.5 Å². The lowest BCUT2D eigenvalue weighted by Gasteiger charge is -2.06. The number of rotatable bonds is 7. The van der Waals surface area contributed by atoms with E-state index in [0.717, 1.165) is 5.56 Å². The quantitative estimate of drug-likeness (QED) is 0.641. The smallest absolute Gasteiger partial charge is 0.259 e. The van der Waals surface area contributed by atoms with Crippen molar-refractivity contribution in [1.82, 2.24) is 20.4 Å². The van der Waals surface area contributed by atoms with Gasteiger partial charge in [-0.1, -0.05) is 42.0 Å². The molecule has 6 nitrogen and oxygen atoms in total. The number of nitrogens with zero attached hydrogens (tertiary/aromatic N) is 3. The number of benzene rings is 1. The Labute approximate surface area is 154 Å². The van der Waals surface area contributed by atoms with Crippen molar-refractivity contribution in [3.05, 3.63) is 59.8 Å². The summed E-state index contributed by atoms with van der Waals surface area (Å²) in [5, 5.41) is 7.24. The number of carbonyl (C=O) groups is 1. The van der Waals surface area contributed by atoms with Gasteiger partial charge in [0.25, 0.3) is 5.89 Å². The molecule has 3 rings (SSSR count). The number of amides is 1. The molecule has 0 aliphatic carbocycles. The van der Waals surface area contributed by atoms with Crippen molar-refractivity contribution in [3.8, 4) is 11.5 Å². The maximum Gasteiger partial charge on any atom is 0.259 e. The predicted octanol–water partition coefficient (Wildman–Crippen LogP) is 3.24. The molecule has 0 atom stereocenters. The SMILES string of the molecule is CCc1noc(-c2ccc(SCC(=O)NCc3ccccc3F)nc2)n1. The molecule has 0 fully saturated rings. The van der Waals surface area contributed by atoms with E-state index in [0.29, 0.717) is 28.7 Å². The van der Waals surface area contributed by atoms with Crippen LogP contribution in [0.3, 0.4) is 0 Å². The van der Waals surface area contributed by atoms with Crippen molar-refractivity contribution >= 4 is 17.7 Å². The molecule has 26 heavy (non-hydrogen) atoms. The van der Waals surface area contributed by atoms with Crippen LogP contribution in [-0.2, 0) is 17.8 Å². The fourth-order valence-electron chi connectivity index (χ4n) is 2.13. The molecule has 1 N–H and O–H groups in total. The standard InChI is InChI=1S/C18H17FN4O2S/c1-2-15-22-18(25-23-15)13-7-8-17(21-10-13)26-11-16(24)20-9-12-5-3-4-6-14(12)19/h3-8,10H,2,9,11H2,1H3,(H,20,24). The Bertz CT molecular complexity index is 883. The summed E-state index contributed by atoms with van der Waals surface area (Å²) in [5.41, 5.74) is 1.19. The predicted molar refractivity (Wildman–Crippen MR) is 95.9 cm³/mol. The first kappa shape index (κ1) is 18.1. The molecule has 0 radical (unpaired) electrons. The molecule has 2 heterocycles. The number of nitrogens with one attached hydrogen (secondary N) is 1. The van der Waals surface area contributed by atoms with Gasteiger partial charge in [-0.2, -0.15) is 4.98 Å². The summed E-state index contributed by atoms with van der Waals surface area (Å²) in [7, 11) is 0. The first-order valence-corrected chi connectivity index (χ1v) is 9.06. The maximum atomic E-state index is 13.5. The van der Waals surface area contributed by atoms with E-state index in [1.807, 2.05) is 13.0 Å². The Hall–Kier alpha value is -2.74. The third-order valence-electron chi connectivity index (χ3n) is 3.55. The van der Waals surface area contributed by atoms with Gasteiger partial charge in [0, 0.05) is 24.7 Å². The van der Waals surface area contributed by atoms with Crippen LogP contribution in [0.15, 0.2) is 52.1 Å². The summed E-state index contributed by atoms with van der Waals surface area (Å²) in [6.07, 6.45) is 2.33. The van der Waals surface area contributed by atoms with E-state index >= 15 is 0 Å².